The van der Waals surface area contributed by atoms with Crippen molar-refractivity contribution in [1.29, 1.82) is 0 Å². The van der Waals surface area contributed by atoms with Gasteiger partial charge in [0, 0.05) is 14.0 Å². The summed E-state index contributed by atoms with van der Waals surface area (Å²) in [5.74, 6) is -0.467. The van der Waals surface area contributed by atoms with Crippen LogP contribution in [-0.4, -0.2) is 32.7 Å². The highest BCUT2D eigenvalue weighted by Crippen LogP contribution is 1.91. The van der Waals surface area contributed by atoms with Gasteiger partial charge < -0.3 is 0 Å². The minimum absolute atomic E-state index is 0.467. The fourth-order valence-corrected chi connectivity index (χ4v) is 0.767. The normalized spacial score (nSPS) is 11.1. The number of hydroxylamine groups is 2. The number of amides is 1. The molecule has 0 unspecified atom stereocenters. The summed E-state index contributed by atoms with van der Waals surface area (Å²) in [4.78, 5) is 10.4. The Morgan fingerprint density at radius 1 is 1.50 bits per heavy atom. The molecule has 0 heterocycles. The molecule has 0 atom stereocenters. The third-order valence-corrected chi connectivity index (χ3v) is 1.19. The summed E-state index contributed by atoms with van der Waals surface area (Å²) in [7, 11) is -2.34. The van der Waals surface area contributed by atoms with E-state index < -0.39 is 16.0 Å². The maximum Gasteiger partial charge on any atom is 0.285 e. The fourth-order valence-electron chi connectivity index (χ4n) is 0.256. The molecule has 1 amide bonds. The molecular formula is C4H9NO4S. The molecule has 0 saturated heterocycles. The Kier molecular flexibility index (Phi) is 2.79. The fraction of sp³-hybridized carbons (Fsp3) is 0.750. The zero-order chi connectivity index (χ0) is 8.36. The SMILES string of the molecule is CC(=O)N(C)OS(C)(=O)=O. The van der Waals surface area contributed by atoms with Crippen LogP contribution in [0.4, 0.5) is 0 Å². The summed E-state index contributed by atoms with van der Waals surface area (Å²) in [6, 6.07) is 0. The van der Waals surface area contributed by atoms with Crippen LogP contribution in [0.3, 0.4) is 0 Å². The van der Waals surface area contributed by atoms with Crippen LogP contribution in [0.2, 0.25) is 0 Å². The first-order valence-corrected chi connectivity index (χ1v) is 4.28. The second-order valence-corrected chi connectivity index (χ2v) is 3.35. The highest BCUT2D eigenvalue weighted by molar-refractivity contribution is 7.85. The third kappa shape index (κ3) is 4.28. The molecule has 0 saturated carbocycles. The van der Waals surface area contributed by atoms with Gasteiger partial charge in [-0.15, -0.1) is 4.28 Å². The molecule has 10 heavy (non-hydrogen) atoms. The van der Waals surface area contributed by atoms with Crippen LogP contribution in [0.25, 0.3) is 0 Å². The quantitative estimate of drug-likeness (QED) is 0.513. The minimum Gasteiger partial charge on any atom is -0.273 e. The standard InChI is InChI=1S/C4H9NO4S/c1-4(6)5(2)9-10(3,7)8/h1-3H3. The number of nitrogens with zero attached hydrogens (tertiary/aromatic N) is 1. The molecule has 0 N–H and O–H groups in total. The van der Waals surface area contributed by atoms with Gasteiger partial charge >= 0.3 is 0 Å². The van der Waals surface area contributed by atoms with Crippen molar-refractivity contribution >= 4 is 16.0 Å². The van der Waals surface area contributed by atoms with Crippen LogP contribution >= 0.6 is 0 Å². The number of hydrogen-bond donors (Lipinski definition) is 0. The third-order valence-electron chi connectivity index (χ3n) is 0.691. The van der Waals surface area contributed by atoms with Crippen molar-refractivity contribution in [2.45, 2.75) is 6.92 Å². The number of rotatable bonds is 2. The van der Waals surface area contributed by atoms with Crippen molar-refractivity contribution in [1.82, 2.24) is 5.06 Å². The summed E-state index contributed by atoms with van der Waals surface area (Å²) >= 11 is 0. The summed E-state index contributed by atoms with van der Waals surface area (Å²) < 4.78 is 24.8. The van der Waals surface area contributed by atoms with Gasteiger partial charge in [-0.1, -0.05) is 0 Å². The van der Waals surface area contributed by atoms with Crippen molar-refractivity contribution < 1.29 is 17.5 Å². The Hall–Kier alpha value is -0.620. The Labute approximate surface area is 59.7 Å². The Morgan fingerprint density at radius 3 is 2.00 bits per heavy atom. The first-order valence-electron chi connectivity index (χ1n) is 2.47. The Balaban J connectivity index is 4.06. The van der Waals surface area contributed by atoms with Crippen molar-refractivity contribution in [3.63, 3.8) is 0 Å². The largest absolute Gasteiger partial charge is 0.285 e. The van der Waals surface area contributed by atoms with Gasteiger partial charge in [0.05, 0.1) is 6.26 Å². The zero-order valence-electron chi connectivity index (χ0n) is 5.99. The van der Waals surface area contributed by atoms with Gasteiger partial charge in [-0.25, -0.2) is 5.06 Å². The number of carbonyl (C=O) groups is 1. The van der Waals surface area contributed by atoms with E-state index in [9.17, 15) is 13.2 Å². The highest BCUT2D eigenvalue weighted by atomic mass is 32.2. The summed E-state index contributed by atoms with van der Waals surface area (Å²) in [5, 5.41) is 0.648. The average molecular weight is 167 g/mol. The first kappa shape index (κ1) is 9.38. The molecule has 0 aromatic heterocycles. The molecule has 0 radical (unpaired) electrons. The molecule has 0 spiro atoms. The molecule has 5 nitrogen and oxygen atoms in total. The maximum absolute atomic E-state index is 10.4. The molecule has 0 aliphatic heterocycles. The molecule has 6 heteroatoms. The molecule has 0 rings (SSSR count). The van der Waals surface area contributed by atoms with E-state index >= 15 is 0 Å². The zero-order valence-corrected chi connectivity index (χ0v) is 6.80. The van der Waals surface area contributed by atoms with E-state index in [2.05, 4.69) is 4.28 Å². The predicted octanol–water partition coefficient (Wildman–Crippen LogP) is -0.644. The van der Waals surface area contributed by atoms with Gasteiger partial charge in [0.2, 0.25) is 5.91 Å². The second-order valence-electron chi connectivity index (χ2n) is 1.80. The van der Waals surface area contributed by atoms with Crippen molar-refractivity contribution in [2.24, 2.45) is 0 Å². The van der Waals surface area contributed by atoms with Gasteiger partial charge in [-0.05, 0) is 0 Å². The topological polar surface area (TPSA) is 63.7 Å². The van der Waals surface area contributed by atoms with E-state index in [1.54, 1.807) is 0 Å². The lowest BCUT2D eigenvalue weighted by atomic mass is 10.7. The lowest BCUT2D eigenvalue weighted by molar-refractivity contribution is -0.148. The number of hydrogen-bond acceptors (Lipinski definition) is 4. The van der Waals surface area contributed by atoms with Crippen LogP contribution in [0, 0.1) is 0 Å². The molecule has 0 aromatic carbocycles. The molecule has 0 aliphatic rings. The summed E-state index contributed by atoms with van der Waals surface area (Å²) in [5.41, 5.74) is 0. The van der Waals surface area contributed by atoms with E-state index in [0.717, 1.165) is 6.26 Å². The lowest BCUT2D eigenvalue weighted by Gasteiger charge is -2.10. The molecule has 0 bridgehead atoms. The molecule has 0 aromatic rings. The van der Waals surface area contributed by atoms with Crippen molar-refractivity contribution in [3.05, 3.63) is 0 Å². The molecule has 0 fully saturated rings. The van der Waals surface area contributed by atoms with Gasteiger partial charge in [0.15, 0.2) is 0 Å². The van der Waals surface area contributed by atoms with Crippen molar-refractivity contribution in [3.8, 4) is 0 Å². The van der Waals surface area contributed by atoms with Gasteiger partial charge in [-0.2, -0.15) is 8.42 Å². The molecule has 0 aliphatic carbocycles. The Morgan fingerprint density at radius 2 is 1.90 bits per heavy atom. The van der Waals surface area contributed by atoms with E-state index in [1.165, 1.54) is 14.0 Å². The minimum atomic E-state index is -3.56. The first-order chi connectivity index (χ1) is 4.33. The van der Waals surface area contributed by atoms with E-state index in [4.69, 9.17) is 0 Å². The maximum atomic E-state index is 10.4. The van der Waals surface area contributed by atoms with Gasteiger partial charge in [-0.3, -0.25) is 4.79 Å². The second kappa shape index (κ2) is 2.98. The monoisotopic (exact) mass is 167 g/mol. The van der Waals surface area contributed by atoms with Gasteiger partial charge in [0.25, 0.3) is 10.1 Å². The van der Waals surface area contributed by atoms with Crippen LogP contribution in [0.1, 0.15) is 6.92 Å². The molecular weight excluding hydrogens is 158 g/mol. The van der Waals surface area contributed by atoms with Crippen LogP contribution in [-0.2, 0) is 19.2 Å². The summed E-state index contributed by atoms with van der Waals surface area (Å²) in [6.45, 7) is 1.20. The van der Waals surface area contributed by atoms with Crippen LogP contribution < -0.4 is 0 Å². The smallest absolute Gasteiger partial charge is 0.273 e. The highest BCUT2D eigenvalue weighted by Gasteiger charge is 2.09. The van der Waals surface area contributed by atoms with E-state index in [1.807, 2.05) is 0 Å². The van der Waals surface area contributed by atoms with Crippen LogP contribution in [0.15, 0.2) is 0 Å². The van der Waals surface area contributed by atoms with Gasteiger partial charge in [0.1, 0.15) is 0 Å². The average Bonchev–Trinajstić information content (AvgIpc) is 1.60. The van der Waals surface area contributed by atoms with Crippen molar-refractivity contribution in [2.75, 3.05) is 13.3 Å². The predicted molar refractivity (Wildman–Crippen MR) is 34.4 cm³/mol. The molecule has 60 valence electrons. The van der Waals surface area contributed by atoms with E-state index in [-0.39, 0.29) is 0 Å². The Bertz CT molecular complexity index is 219. The lowest BCUT2D eigenvalue weighted by Crippen LogP contribution is -2.26. The summed E-state index contributed by atoms with van der Waals surface area (Å²) in [6.07, 6.45) is 0.867. The van der Waals surface area contributed by atoms with Crippen LogP contribution in [0.5, 0.6) is 0 Å². The number of carbonyl (C=O) groups excluding carboxylic acids is 1. The van der Waals surface area contributed by atoms with E-state index in [0.29, 0.717) is 5.06 Å².